The highest BCUT2D eigenvalue weighted by Gasteiger charge is 2.44. The molecule has 8 heteroatoms. The van der Waals surface area contributed by atoms with Crippen molar-refractivity contribution in [3.05, 3.63) is 11.6 Å². The van der Waals surface area contributed by atoms with Crippen LogP contribution in [0.4, 0.5) is 0 Å². The number of carboxylic acid groups (broad SMARTS) is 1. The van der Waals surface area contributed by atoms with Crippen LogP contribution < -0.4 is 0 Å². The normalized spacial score (nSPS) is 22.3. The molecule has 0 bridgehead atoms. The average Bonchev–Trinajstić information content (AvgIpc) is 3.04. The van der Waals surface area contributed by atoms with E-state index in [1.807, 2.05) is 27.7 Å². The molecule has 0 radical (unpaired) electrons. The Labute approximate surface area is 127 Å². The fraction of sp³-hybridized carbons (Fsp3) is 0.692. The van der Waals surface area contributed by atoms with E-state index in [4.69, 9.17) is 0 Å². The van der Waals surface area contributed by atoms with Crippen LogP contribution in [0.1, 0.15) is 50.1 Å². The first kappa shape index (κ1) is 15.8. The van der Waals surface area contributed by atoms with E-state index in [-0.39, 0.29) is 23.0 Å². The van der Waals surface area contributed by atoms with Gasteiger partial charge in [-0.3, -0.25) is 9.89 Å². The van der Waals surface area contributed by atoms with Crippen LogP contribution in [-0.4, -0.2) is 54.2 Å². The maximum Gasteiger partial charge on any atom is 0.327 e. The van der Waals surface area contributed by atoms with E-state index in [9.17, 15) is 14.7 Å². The van der Waals surface area contributed by atoms with E-state index in [0.717, 1.165) is 0 Å². The van der Waals surface area contributed by atoms with Gasteiger partial charge >= 0.3 is 5.97 Å². The van der Waals surface area contributed by atoms with Crippen LogP contribution in [-0.2, 0) is 4.79 Å². The summed E-state index contributed by atoms with van der Waals surface area (Å²) in [5, 5.41) is 15.8. The van der Waals surface area contributed by atoms with Crippen LogP contribution in [0.3, 0.4) is 0 Å². The van der Waals surface area contributed by atoms with Crippen molar-refractivity contribution in [3.8, 4) is 0 Å². The number of carbonyl (C=O) groups excluding carboxylic acids is 1. The number of nitrogens with zero attached hydrogens (tertiary/aromatic N) is 3. The molecule has 1 aromatic rings. The Balaban J connectivity index is 2.29. The van der Waals surface area contributed by atoms with E-state index in [1.165, 1.54) is 16.7 Å². The Hall–Kier alpha value is -1.57. The molecule has 1 fully saturated rings. The number of carbonyl (C=O) groups is 2. The molecule has 1 aromatic heterocycles. The standard InChI is InChI=1S/C13H20N4O3S/c1-6(2)9-14-10(16-15-9)11(18)17-8(13(19)20)5-21-12(17)7(3)4/h6-8,12H,5H2,1-4H3,(H,19,20)(H,14,15,16). The summed E-state index contributed by atoms with van der Waals surface area (Å²) >= 11 is 1.49. The third kappa shape index (κ3) is 3.04. The summed E-state index contributed by atoms with van der Waals surface area (Å²) in [6.07, 6.45) is 0. The van der Waals surface area contributed by atoms with Crippen LogP contribution in [0.15, 0.2) is 0 Å². The number of amides is 1. The van der Waals surface area contributed by atoms with Crippen molar-refractivity contribution in [1.29, 1.82) is 0 Å². The number of rotatable bonds is 4. The second-order valence-electron chi connectivity index (χ2n) is 5.73. The number of thioether (sulfide) groups is 1. The zero-order valence-electron chi connectivity index (χ0n) is 12.5. The first-order valence-corrected chi connectivity index (χ1v) is 7.97. The summed E-state index contributed by atoms with van der Waals surface area (Å²) < 4.78 is 0. The zero-order valence-corrected chi connectivity index (χ0v) is 13.3. The lowest BCUT2D eigenvalue weighted by Gasteiger charge is -2.28. The number of aromatic nitrogens is 3. The van der Waals surface area contributed by atoms with Crippen molar-refractivity contribution in [1.82, 2.24) is 20.1 Å². The van der Waals surface area contributed by atoms with E-state index in [0.29, 0.717) is 11.6 Å². The highest BCUT2D eigenvalue weighted by atomic mass is 32.2. The number of H-pyrrole nitrogens is 1. The molecule has 1 amide bonds. The van der Waals surface area contributed by atoms with Gasteiger partial charge in [0.25, 0.3) is 5.91 Å². The average molecular weight is 312 g/mol. The molecule has 0 aliphatic carbocycles. The predicted molar refractivity (Wildman–Crippen MR) is 79.1 cm³/mol. The highest BCUT2D eigenvalue weighted by molar-refractivity contribution is 8.00. The lowest BCUT2D eigenvalue weighted by molar-refractivity contribution is -0.141. The second-order valence-corrected chi connectivity index (χ2v) is 6.88. The molecule has 1 aliphatic rings. The summed E-state index contributed by atoms with van der Waals surface area (Å²) in [5.74, 6) is -0.0649. The fourth-order valence-corrected chi connectivity index (χ4v) is 3.70. The Kier molecular flexibility index (Phi) is 4.55. The Bertz CT molecular complexity index is 543. The van der Waals surface area contributed by atoms with Crippen molar-refractivity contribution >= 4 is 23.6 Å². The number of hydrogen-bond acceptors (Lipinski definition) is 5. The number of nitrogens with one attached hydrogen (secondary N) is 1. The second kappa shape index (κ2) is 6.05. The molecule has 7 nitrogen and oxygen atoms in total. The molecule has 0 spiro atoms. The number of carboxylic acids is 1. The third-order valence-electron chi connectivity index (χ3n) is 3.37. The lowest BCUT2D eigenvalue weighted by atomic mass is 10.1. The van der Waals surface area contributed by atoms with Crippen molar-refractivity contribution in [2.75, 3.05) is 5.75 Å². The van der Waals surface area contributed by atoms with Crippen molar-refractivity contribution in [2.45, 2.75) is 45.0 Å². The maximum absolute atomic E-state index is 12.6. The van der Waals surface area contributed by atoms with Crippen LogP contribution in [0.25, 0.3) is 0 Å². The van der Waals surface area contributed by atoms with Crippen LogP contribution in [0, 0.1) is 5.92 Å². The van der Waals surface area contributed by atoms with Gasteiger partial charge < -0.3 is 10.0 Å². The molecule has 21 heavy (non-hydrogen) atoms. The lowest BCUT2D eigenvalue weighted by Crippen LogP contribution is -2.47. The highest BCUT2D eigenvalue weighted by Crippen LogP contribution is 2.34. The maximum atomic E-state index is 12.6. The van der Waals surface area contributed by atoms with Gasteiger partial charge in [0.2, 0.25) is 5.82 Å². The molecular weight excluding hydrogens is 292 g/mol. The molecule has 0 saturated carbocycles. The zero-order chi connectivity index (χ0) is 15.7. The molecular formula is C13H20N4O3S. The molecule has 2 rings (SSSR count). The topological polar surface area (TPSA) is 99.2 Å². The van der Waals surface area contributed by atoms with E-state index < -0.39 is 17.9 Å². The van der Waals surface area contributed by atoms with Gasteiger partial charge in [0.1, 0.15) is 11.9 Å². The smallest absolute Gasteiger partial charge is 0.327 e. The summed E-state index contributed by atoms with van der Waals surface area (Å²) in [6.45, 7) is 7.83. The molecule has 2 N–H and O–H groups in total. The van der Waals surface area contributed by atoms with E-state index >= 15 is 0 Å². The number of hydrogen-bond donors (Lipinski definition) is 2. The SMILES string of the molecule is CC(C)c1nc(C(=O)N2C(C(=O)O)CSC2C(C)C)n[nH]1. The number of aliphatic carboxylic acids is 1. The summed E-state index contributed by atoms with van der Waals surface area (Å²) in [4.78, 5) is 29.6. The minimum atomic E-state index is -0.987. The van der Waals surface area contributed by atoms with Gasteiger partial charge in [-0.1, -0.05) is 27.7 Å². The Morgan fingerprint density at radius 1 is 1.38 bits per heavy atom. The van der Waals surface area contributed by atoms with Gasteiger partial charge in [-0.15, -0.1) is 16.9 Å². The van der Waals surface area contributed by atoms with Crippen LogP contribution in [0.2, 0.25) is 0 Å². The molecule has 1 saturated heterocycles. The molecule has 0 aromatic carbocycles. The van der Waals surface area contributed by atoms with Crippen LogP contribution >= 0.6 is 11.8 Å². The minimum Gasteiger partial charge on any atom is -0.480 e. The molecule has 2 heterocycles. The summed E-state index contributed by atoms with van der Waals surface area (Å²) in [5.41, 5.74) is 0. The van der Waals surface area contributed by atoms with Gasteiger partial charge in [-0.2, -0.15) is 0 Å². The minimum absolute atomic E-state index is 0.0399. The quantitative estimate of drug-likeness (QED) is 0.875. The van der Waals surface area contributed by atoms with E-state index in [2.05, 4.69) is 15.2 Å². The van der Waals surface area contributed by atoms with E-state index in [1.54, 1.807) is 0 Å². The van der Waals surface area contributed by atoms with Crippen molar-refractivity contribution in [3.63, 3.8) is 0 Å². The third-order valence-corrected chi connectivity index (χ3v) is 4.99. The monoisotopic (exact) mass is 312 g/mol. The summed E-state index contributed by atoms with van der Waals surface area (Å²) in [6, 6.07) is -0.823. The van der Waals surface area contributed by atoms with Gasteiger partial charge in [0.15, 0.2) is 0 Å². The van der Waals surface area contributed by atoms with Gasteiger partial charge in [-0.25, -0.2) is 9.78 Å². The first-order chi connectivity index (χ1) is 9.82. The van der Waals surface area contributed by atoms with Crippen molar-refractivity contribution in [2.24, 2.45) is 5.92 Å². The Morgan fingerprint density at radius 2 is 2.05 bits per heavy atom. The van der Waals surface area contributed by atoms with Gasteiger partial charge in [0, 0.05) is 11.7 Å². The van der Waals surface area contributed by atoms with Gasteiger partial charge in [0.05, 0.1) is 5.37 Å². The molecule has 1 aliphatic heterocycles. The molecule has 2 unspecified atom stereocenters. The molecule has 116 valence electrons. The molecule has 2 atom stereocenters. The van der Waals surface area contributed by atoms with Gasteiger partial charge in [-0.05, 0) is 5.92 Å². The largest absolute Gasteiger partial charge is 0.480 e. The predicted octanol–water partition coefficient (Wildman–Crippen LogP) is 1.55. The van der Waals surface area contributed by atoms with Crippen LogP contribution in [0.5, 0.6) is 0 Å². The summed E-state index contributed by atoms with van der Waals surface area (Å²) in [7, 11) is 0. The van der Waals surface area contributed by atoms with Crippen molar-refractivity contribution < 1.29 is 14.7 Å². The fourth-order valence-electron chi connectivity index (χ4n) is 2.23. The first-order valence-electron chi connectivity index (χ1n) is 6.92. The Morgan fingerprint density at radius 3 is 2.52 bits per heavy atom. The number of aromatic amines is 1.